The highest BCUT2D eigenvalue weighted by molar-refractivity contribution is 5.85. The molecule has 0 spiro atoms. The molecule has 0 aliphatic heterocycles. The van der Waals surface area contributed by atoms with Gasteiger partial charge in [0.25, 0.3) is 0 Å². The smallest absolute Gasteiger partial charge is 0.352 e. The SMILES string of the molecule is CCC(CC)(CC)n1cc(OC)c(=O)cc1C(=O)O. The third kappa shape index (κ3) is 2.64. The molecule has 0 saturated carbocycles. The lowest BCUT2D eigenvalue weighted by molar-refractivity contribution is 0.0669. The zero-order valence-corrected chi connectivity index (χ0v) is 11.9. The largest absolute Gasteiger partial charge is 0.491 e. The molecule has 19 heavy (non-hydrogen) atoms. The number of carboxylic acids is 1. The van der Waals surface area contributed by atoms with Crippen molar-refractivity contribution in [1.29, 1.82) is 0 Å². The molecular formula is C14H21NO4. The molecule has 0 aliphatic carbocycles. The Morgan fingerprint density at radius 1 is 1.32 bits per heavy atom. The fourth-order valence-electron chi connectivity index (χ4n) is 2.49. The first kappa shape index (κ1) is 15.3. The van der Waals surface area contributed by atoms with Crippen molar-refractivity contribution >= 4 is 5.97 Å². The number of ether oxygens (including phenoxy) is 1. The summed E-state index contributed by atoms with van der Waals surface area (Å²) in [7, 11) is 1.41. The van der Waals surface area contributed by atoms with Gasteiger partial charge in [0, 0.05) is 11.6 Å². The van der Waals surface area contributed by atoms with E-state index in [9.17, 15) is 14.7 Å². The Labute approximate surface area is 112 Å². The molecule has 0 unspecified atom stereocenters. The fourth-order valence-corrected chi connectivity index (χ4v) is 2.49. The minimum atomic E-state index is -1.10. The van der Waals surface area contributed by atoms with Crippen LogP contribution < -0.4 is 10.2 Å². The summed E-state index contributed by atoms with van der Waals surface area (Å²) in [5.41, 5.74) is -0.709. The van der Waals surface area contributed by atoms with Crippen molar-refractivity contribution in [3.63, 3.8) is 0 Å². The molecule has 0 amide bonds. The number of aromatic nitrogens is 1. The first-order chi connectivity index (χ1) is 8.95. The van der Waals surface area contributed by atoms with Crippen LogP contribution in [0.2, 0.25) is 0 Å². The lowest BCUT2D eigenvalue weighted by Crippen LogP contribution is -2.36. The topological polar surface area (TPSA) is 68.5 Å². The summed E-state index contributed by atoms with van der Waals surface area (Å²) in [6.07, 6.45) is 3.87. The number of carboxylic acid groups (broad SMARTS) is 1. The summed E-state index contributed by atoms with van der Waals surface area (Å²) >= 11 is 0. The van der Waals surface area contributed by atoms with Gasteiger partial charge in [-0.1, -0.05) is 20.8 Å². The van der Waals surface area contributed by atoms with Gasteiger partial charge < -0.3 is 14.4 Å². The van der Waals surface area contributed by atoms with Crippen molar-refractivity contribution in [3.05, 3.63) is 28.2 Å². The second kappa shape index (κ2) is 5.91. The van der Waals surface area contributed by atoms with E-state index in [0.717, 1.165) is 25.3 Å². The maximum absolute atomic E-state index is 11.7. The molecule has 1 N–H and O–H groups in total. The molecule has 1 heterocycles. The van der Waals surface area contributed by atoms with Gasteiger partial charge in [0.15, 0.2) is 5.75 Å². The van der Waals surface area contributed by atoms with Gasteiger partial charge in [0.05, 0.1) is 13.3 Å². The van der Waals surface area contributed by atoms with E-state index in [-0.39, 0.29) is 17.0 Å². The van der Waals surface area contributed by atoms with Crippen LogP contribution in [0.5, 0.6) is 5.75 Å². The normalized spacial score (nSPS) is 11.4. The summed E-state index contributed by atoms with van der Waals surface area (Å²) in [6, 6.07) is 1.14. The van der Waals surface area contributed by atoms with E-state index < -0.39 is 11.4 Å². The zero-order chi connectivity index (χ0) is 14.6. The molecule has 0 atom stereocenters. The van der Waals surface area contributed by atoms with E-state index in [4.69, 9.17) is 4.74 Å². The number of hydrogen-bond donors (Lipinski definition) is 1. The first-order valence-corrected chi connectivity index (χ1v) is 6.50. The third-order valence-electron chi connectivity index (χ3n) is 3.94. The van der Waals surface area contributed by atoms with E-state index in [1.165, 1.54) is 13.3 Å². The maximum atomic E-state index is 11.7. The lowest BCUT2D eigenvalue weighted by atomic mass is 9.88. The molecule has 0 radical (unpaired) electrons. The minimum absolute atomic E-state index is 0.0105. The number of carbonyl (C=O) groups is 1. The molecular weight excluding hydrogens is 246 g/mol. The van der Waals surface area contributed by atoms with Crippen LogP contribution in [-0.4, -0.2) is 22.8 Å². The lowest BCUT2D eigenvalue weighted by Gasteiger charge is -2.35. The van der Waals surface area contributed by atoms with Crippen LogP contribution in [0.25, 0.3) is 0 Å². The molecule has 5 nitrogen and oxygen atoms in total. The van der Waals surface area contributed by atoms with Crippen LogP contribution in [0.15, 0.2) is 17.1 Å². The van der Waals surface area contributed by atoms with Crippen molar-refractivity contribution in [2.24, 2.45) is 0 Å². The van der Waals surface area contributed by atoms with Crippen molar-refractivity contribution in [1.82, 2.24) is 4.57 Å². The molecule has 1 rings (SSSR count). The average molecular weight is 267 g/mol. The molecule has 5 heteroatoms. The second-order valence-corrected chi connectivity index (χ2v) is 4.55. The van der Waals surface area contributed by atoms with Crippen molar-refractivity contribution < 1.29 is 14.6 Å². The highest BCUT2D eigenvalue weighted by atomic mass is 16.5. The summed E-state index contributed by atoms with van der Waals surface area (Å²) in [5, 5.41) is 9.30. The highest BCUT2D eigenvalue weighted by Gasteiger charge is 2.30. The number of nitrogens with zero attached hydrogens (tertiary/aromatic N) is 1. The standard InChI is InChI=1S/C14H21NO4/c1-5-14(6-2,7-3)15-9-12(19-4)11(16)8-10(15)13(17)18/h8-9H,5-7H2,1-4H3,(H,17,18). The Hall–Kier alpha value is -1.78. The van der Waals surface area contributed by atoms with Gasteiger partial charge in [-0.05, 0) is 19.3 Å². The van der Waals surface area contributed by atoms with Crippen LogP contribution in [0.3, 0.4) is 0 Å². The Kier molecular flexibility index (Phi) is 4.75. The molecule has 0 saturated heterocycles. The Bertz CT molecular complexity index is 506. The third-order valence-corrected chi connectivity index (χ3v) is 3.94. The molecule has 0 fully saturated rings. The Morgan fingerprint density at radius 2 is 1.84 bits per heavy atom. The van der Waals surface area contributed by atoms with E-state index in [2.05, 4.69) is 0 Å². The molecule has 1 aromatic heterocycles. The van der Waals surface area contributed by atoms with Gasteiger partial charge in [-0.25, -0.2) is 4.79 Å². The van der Waals surface area contributed by atoms with Gasteiger partial charge >= 0.3 is 5.97 Å². The second-order valence-electron chi connectivity index (χ2n) is 4.55. The van der Waals surface area contributed by atoms with Crippen molar-refractivity contribution in [2.45, 2.75) is 45.6 Å². The van der Waals surface area contributed by atoms with Gasteiger partial charge in [-0.2, -0.15) is 0 Å². The average Bonchev–Trinajstić information content (AvgIpc) is 2.42. The van der Waals surface area contributed by atoms with Crippen LogP contribution in [0, 0.1) is 0 Å². The summed E-state index contributed by atoms with van der Waals surface area (Å²) in [4.78, 5) is 23.1. The van der Waals surface area contributed by atoms with Crippen LogP contribution in [-0.2, 0) is 5.54 Å². The number of hydrogen-bond acceptors (Lipinski definition) is 3. The quantitative estimate of drug-likeness (QED) is 0.859. The van der Waals surface area contributed by atoms with Crippen LogP contribution in [0.4, 0.5) is 0 Å². The molecule has 0 aromatic carbocycles. The van der Waals surface area contributed by atoms with Gasteiger partial charge in [-0.15, -0.1) is 0 Å². The van der Waals surface area contributed by atoms with Gasteiger partial charge in [-0.3, -0.25) is 4.79 Å². The van der Waals surface area contributed by atoms with E-state index >= 15 is 0 Å². The minimum Gasteiger partial charge on any atom is -0.491 e. The van der Waals surface area contributed by atoms with Crippen LogP contribution in [0.1, 0.15) is 50.5 Å². The maximum Gasteiger partial charge on any atom is 0.352 e. The molecule has 0 aliphatic rings. The highest BCUT2D eigenvalue weighted by Crippen LogP contribution is 2.31. The van der Waals surface area contributed by atoms with E-state index in [1.54, 1.807) is 4.57 Å². The zero-order valence-electron chi connectivity index (χ0n) is 11.9. The Morgan fingerprint density at radius 3 is 2.21 bits per heavy atom. The summed E-state index contributed by atoms with van der Waals surface area (Å²) < 4.78 is 6.70. The predicted molar refractivity (Wildman–Crippen MR) is 73.1 cm³/mol. The number of methoxy groups -OCH3 is 1. The van der Waals surface area contributed by atoms with Crippen molar-refractivity contribution in [2.75, 3.05) is 7.11 Å². The number of pyridine rings is 1. The van der Waals surface area contributed by atoms with E-state index in [1.807, 2.05) is 20.8 Å². The Balaban J connectivity index is 3.63. The molecule has 0 bridgehead atoms. The molecule has 106 valence electrons. The van der Waals surface area contributed by atoms with Gasteiger partial charge in [0.2, 0.25) is 5.43 Å². The van der Waals surface area contributed by atoms with Crippen molar-refractivity contribution in [3.8, 4) is 5.75 Å². The van der Waals surface area contributed by atoms with E-state index in [0.29, 0.717) is 0 Å². The summed E-state index contributed by atoms with van der Waals surface area (Å²) in [5.74, 6) is -0.927. The number of aromatic carboxylic acids is 1. The first-order valence-electron chi connectivity index (χ1n) is 6.50. The monoisotopic (exact) mass is 267 g/mol. The number of rotatable bonds is 6. The van der Waals surface area contributed by atoms with Gasteiger partial charge in [0.1, 0.15) is 5.69 Å². The van der Waals surface area contributed by atoms with Crippen LogP contribution >= 0.6 is 0 Å². The molecule has 1 aromatic rings. The predicted octanol–water partition coefficient (Wildman–Crippen LogP) is 2.48. The summed E-state index contributed by atoms with van der Waals surface area (Å²) in [6.45, 7) is 6.05. The fraction of sp³-hybridized carbons (Fsp3) is 0.571.